The summed E-state index contributed by atoms with van der Waals surface area (Å²) in [5.41, 5.74) is 8.77. The highest BCUT2D eigenvalue weighted by Gasteiger charge is 2.08. The van der Waals surface area contributed by atoms with Gasteiger partial charge in [0.2, 0.25) is 0 Å². The number of nitrogens with zero attached hydrogens (tertiary/aromatic N) is 2. The molecule has 0 spiro atoms. The minimum atomic E-state index is -0.0194. The molecule has 2 N–H and O–H groups in total. The van der Waals surface area contributed by atoms with Gasteiger partial charge in [0.05, 0.1) is 5.02 Å². The number of benzene rings is 1. The van der Waals surface area contributed by atoms with Crippen molar-refractivity contribution in [2.45, 2.75) is 36.9 Å². The van der Waals surface area contributed by atoms with E-state index < -0.39 is 0 Å². The molecule has 1 aromatic heterocycles. The summed E-state index contributed by atoms with van der Waals surface area (Å²) in [5.74, 6) is 0. The van der Waals surface area contributed by atoms with Crippen LogP contribution in [0, 0.1) is 13.8 Å². The van der Waals surface area contributed by atoms with E-state index in [4.69, 9.17) is 17.3 Å². The fraction of sp³-hybridized carbons (Fsp3) is 0.286. The van der Waals surface area contributed by atoms with Crippen molar-refractivity contribution < 1.29 is 0 Å². The van der Waals surface area contributed by atoms with Crippen LogP contribution in [0.2, 0.25) is 5.02 Å². The fourth-order valence-corrected chi connectivity index (χ4v) is 2.89. The maximum Gasteiger partial charge on any atom is 0.192 e. The fourth-order valence-electron chi connectivity index (χ4n) is 1.72. The molecule has 0 radical (unpaired) electrons. The quantitative estimate of drug-likeness (QED) is 0.872. The summed E-state index contributed by atoms with van der Waals surface area (Å²) in [6.07, 6.45) is 0. The first-order chi connectivity index (χ1) is 8.95. The van der Waals surface area contributed by atoms with Gasteiger partial charge in [0, 0.05) is 22.3 Å². The van der Waals surface area contributed by atoms with Crippen LogP contribution >= 0.6 is 23.4 Å². The molecule has 0 unspecified atom stereocenters. The van der Waals surface area contributed by atoms with Crippen molar-refractivity contribution in [2.24, 2.45) is 5.73 Å². The number of hydrogen-bond donors (Lipinski definition) is 1. The van der Waals surface area contributed by atoms with Crippen molar-refractivity contribution in [3.05, 3.63) is 46.2 Å². The molecule has 0 aliphatic carbocycles. The molecule has 0 aliphatic heterocycles. The molecular formula is C14H16ClN3S. The van der Waals surface area contributed by atoms with E-state index in [1.54, 1.807) is 0 Å². The molecule has 0 saturated heterocycles. The van der Waals surface area contributed by atoms with Gasteiger partial charge >= 0.3 is 0 Å². The van der Waals surface area contributed by atoms with Crippen LogP contribution in [-0.2, 0) is 0 Å². The van der Waals surface area contributed by atoms with Crippen molar-refractivity contribution in [2.75, 3.05) is 0 Å². The number of halogens is 1. The van der Waals surface area contributed by atoms with Crippen LogP contribution in [0.4, 0.5) is 0 Å². The van der Waals surface area contributed by atoms with Crippen molar-refractivity contribution in [1.29, 1.82) is 0 Å². The van der Waals surface area contributed by atoms with Crippen LogP contribution in [0.3, 0.4) is 0 Å². The highest BCUT2D eigenvalue weighted by molar-refractivity contribution is 7.99. The molecule has 2 rings (SSSR count). The standard InChI is InChI=1S/C14H16ClN3S/c1-8-6-9(2)18-14(17-8)19-13-5-4-11(10(3)16)7-12(13)15/h4-7,10H,16H2,1-3H3/t10-/m1/s1. The zero-order chi connectivity index (χ0) is 14.0. The summed E-state index contributed by atoms with van der Waals surface area (Å²) in [4.78, 5) is 9.73. The van der Waals surface area contributed by atoms with Gasteiger partial charge in [-0.2, -0.15) is 0 Å². The maximum atomic E-state index is 6.27. The monoisotopic (exact) mass is 293 g/mol. The van der Waals surface area contributed by atoms with Gasteiger partial charge in [0.1, 0.15) is 0 Å². The Morgan fingerprint density at radius 2 is 1.79 bits per heavy atom. The molecule has 0 bridgehead atoms. The Morgan fingerprint density at radius 3 is 2.32 bits per heavy atom. The van der Waals surface area contributed by atoms with Crippen LogP contribution in [0.15, 0.2) is 34.3 Å². The Hall–Kier alpha value is -1.10. The SMILES string of the molecule is Cc1cc(C)nc(Sc2ccc([C@@H](C)N)cc2Cl)n1. The minimum Gasteiger partial charge on any atom is -0.324 e. The van der Waals surface area contributed by atoms with Gasteiger partial charge in [-0.1, -0.05) is 17.7 Å². The van der Waals surface area contributed by atoms with E-state index >= 15 is 0 Å². The third kappa shape index (κ3) is 3.69. The van der Waals surface area contributed by atoms with Crippen LogP contribution < -0.4 is 5.73 Å². The lowest BCUT2D eigenvalue weighted by molar-refractivity contribution is 0.817. The maximum absolute atomic E-state index is 6.27. The van der Waals surface area contributed by atoms with Crippen molar-refractivity contribution in [3.63, 3.8) is 0 Å². The highest BCUT2D eigenvalue weighted by atomic mass is 35.5. The van der Waals surface area contributed by atoms with E-state index in [-0.39, 0.29) is 6.04 Å². The van der Waals surface area contributed by atoms with Crippen molar-refractivity contribution >= 4 is 23.4 Å². The third-order valence-electron chi connectivity index (χ3n) is 2.64. The Balaban J connectivity index is 2.28. The first kappa shape index (κ1) is 14.3. The van der Waals surface area contributed by atoms with Gasteiger partial charge in [0.15, 0.2) is 5.16 Å². The molecule has 0 aliphatic rings. The number of hydrogen-bond acceptors (Lipinski definition) is 4. The molecule has 0 fully saturated rings. The number of aromatic nitrogens is 2. The summed E-state index contributed by atoms with van der Waals surface area (Å²) in [6, 6.07) is 7.78. The van der Waals surface area contributed by atoms with Gasteiger partial charge in [-0.05, 0) is 56.3 Å². The Morgan fingerprint density at radius 1 is 1.16 bits per heavy atom. The Bertz CT molecular complexity index is 579. The first-order valence-corrected chi connectivity index (χ1v) is 7.20. The zero-order valence-corrected chi connectivity index (χ0v) is 12.7. The van der Waals surface area contributed by atoms with E-state index in [1.807, 2.05) is 45.0 Å². The summed E-state index contributed by atoms with van der Waals surface area (Å²) in [5, 5.41) is 1.40. The molecule has 1 aromatic carbocycles. The second-order valence-electron chi connectivity index (χ2n) is 4.51. The van der Waals surface area contributed by atoms with Gasteiger partial charge in [-0.25, -0.2) is 9.97 Å². The molecule has 100 valence electrons. The predicted molar refractivity (Wildman–Crippen MR) is 79.7 cm³/mol. The van der Waals surface area contributed by atoms with Crippen LogP contribution in [0.25, 0.3) is 0 Å². The van der Waals surface area contributed by atoms with E-state index in [2.05, 4.69) is 9.97 Å². The lowest BCUT2D eigenvalue weighted by Gasteiger charge is -2.09. The number of aryl methyl sites for hydroxylation is 2. The molecule has 5 heteroatoms. The van der Waals surface area contributed by atoms with Crippen LogP contribution in [-0.4, -0.2) is 9.97 Å². The van der Waals surface area contributed by atoms with Crippen molar-refractivity contribution in [1.82, 2.24) is 9.97 Å². The molecule has 2 aromatic rings. The van der Waals surface area contributed by atoms with Crippen LogP contribution in [0.1, 0.15) is 29.9 Å². The smallest absolute Gasteiger partial charge is 0.192 e. The van der Waals surface area contributed by atoms with Gasteiger partial charge in [0.25, 0.3) is 0 Å². The van der Waals surface area contributed by atoms with Crippen LogP contribution in [0.5, 0.6) is 0 Å². The Kier molecular flexibility index (Phi) is 4.45. The van der Waals surface area contributed by atoms with Gasteiger partial charge in [-0.3, -0.25) is 0 Å². The largest absolute Gasteiger partial charge is 0.324 e. The highest BCUT2D eigenvalue weighted by Crippen LogP contribution is 2.33. The molecule has 0 amide bonds. The normalized spacial score (nSPS) is 12.5. The number of rotatable bonds is 3. The second-order valence-corrected chi connectivity index (χ2v) is 5.93. The average Bonchev–Trinajstić information content (AvgIpc) is 2.30. The molecule has 19 heavy (non-hydrogen) atoms. The van der Waals surface area contributed by atoms with E-state index in [1.165, 1.54) is 11.8 Å². The predicted octanol–water partition coefficient (Wildman–Crippen LogP) is 3.92. The second kappa shape index (κ2) is 5.90. The molecule has 0 saturated carbocycles. The van der Waals surface area contributed by atoms with E-state index in [9.17, 15) is 0 Å². The van der Waals surface area contributed by atoms with Crippen molar-refractivity contribution in [3.8, 4) is 0 Å². The van der Waals surface area contributed by atoms with Gasteiger partial charge < -0.3 is 5.73 Å². The molecular weight excluding hydrogens is 278 g/mol. The molecule has 1 atom stereocenters. The zero-order valence-electron chi connectivity index (χ0n) is 11.1. The Labute approximate surface area is 122 Å². The third-order valence-corrected chi connectivity index (χ3v) is 4.01. The molecule has 3 nitrogen and oxygen atoms in total. The summed E-state index contributed by atoms with van der Waals surface area (Å²) >= 11 is 7.74. The van der Waals surface area contributed by atoms with Gasteiger partial charge in [-0.15, -0.1) is 0 Å². The molecule has 1 heterocycles. The number of nitrogens with two attached hydrogens (primary N) is 1. The first-order valence-electron chi connectivity index (χ1n) is 6.01. The average molecular weight is 294 g/mol. The lowest BCUT2D eigenvalue weighted by atomic mass is 10.1. The topological polar surface area (TPSA) is 51.8 Å². The summed E-state index contributed by atoms with van der Waals surface area (Å²) < 4.78 is 0. The van der Waals surface area contributed by atoms with E-state index in [0.29, 0.717) is 10.2 Å². The lowest BCUT2D eigenvalue weighted by Crippen LogP contribution is -2.04. The summed E-state index contributed by atoms with van der Waals surface area (Å²) in [6.45, 7) is 5.85. The summed E-state index contributed by atoms with van der Waals surface area (Å²) in [7, 11) is 0. The van der Waals surface area contributed by atoms with E-state index in [0.717, 1.165) is 21.8 Å². The minimum absolute atomic E-state index is 0.0194.